The molecule has 1 aliphatic rings. The number of carbonyl (C=O) groups is 1. The summed E-state index contributed by atoms with van der Waals surface area (Å²) in [6, 6.07) is 7.06. The SMILES string of the molecule is COc1ccc([C@H]2[C@@H](O)CCCN2C(=O)OC(C)(C)C)cc1. The second kappa shape index (κ2) is 6.57. The van der Waals surface area contributed by atoms with Crippen LogP contribution in [0.5, 0.6) is 5.75 Å². The molecule has 1 aliphatic heterocycles. The minimum atomic E-state index is -0.588. The zero-order chi connectivity index (χ0) is 16.3. The lowest BCUT2D eigenvalue weighted by atomic mass is 9.93. The molecule has 0 aromatic heterocycles. The van der Waals surface area contributed by atoms with Crippen molar-refractivity contribution in [1.29, 1.82) is 0 Å². The van der Waals surface area contributed by atoms with Crippen molar-refractivity contribution in [2.24, 2.45) is 0 Å². The minimum absolute atomic E-state index is 0.380. The van der Waals surface area contributed by atoms with Crippen LogP contribution in [0.4, 0.5) is 4.79 Å². The van der Waals surface area contributed by atoms with Crippen LogP contribution in [0.1, 0.15) is 45.2 Å². The molecule has 1 N–H and O–H groups in total. The Morgan fingerprint density at radius 2 is 1.91 bits per heavy atom. The van der Waals surface area contributed by atoms with E-state index in [0.717, 1.165) is 17.7 Å². The Bertz CT molecular complexity index is 506. The van der Waals surface area contributed by atoms with Crippen molar-refractivity contribution in [3.63, 3.8) is 0 Å². The van der Waals surface area contributed by atoms with Gasteiger partial charge in [0.2, 0.25) is 0 Å². The maximum Gasteiger partial charge on any atom is 0.410 e. The van der Waals surface area contributed by atoms with Crippen LogP contribution in [0.25, 0.3) is 0 Å². The van der Waals surface area contributed by atoms with Crippen LogP contribution in [0.15, 0.2) is 24.3 Å². The minimum Gasteiger partial charge on any atom is -0.497 e. The van der Waals surface area contributed by atoms with Crippen LogP contribution < -0.4 is 4.74 Å². The van der Waals surface area contributed by atoms with Gasteiger partial charge in [-0.3, -0.25) is 4.90 Å². The van der Waals surface area contributed by atoms with Crippen LogP contribution in [-0.2, 0) is 4.74 Å². The summed E-state index contributed by atoms with van der Waals surface area (Å²) < 4.78 is 10.6. The number of nitrogens with zero attached hydrogens (tertiary/aromatic N) is 1. The molecule has 0 unspecified atom stereocenters. The van der Waals surface area contributed by atoms with E-state index in [-0.39, 0.29) is 12.1 Å². The summed E-state index contributed by atoms with van der Waals surface area (Å²) in [6.07, 6.45) is 0.477. The van der Waals surface area contributed by atoms with E-state index in [4.69, 9.17) is 9.47 Å². The maximum atomic E-state index is 12.4. The van der Waals surface area contributed by atoms with E-state index in [2.05, 4.69) is 0 Å². The van der Waals surface area contributed by atoms with Crippen LogP contribution in [-0.4, -0.2) is 41.5 Å². The number of aliphatic hydroxyl groups is 1. The van der Waals surface area contributed by atoms with Gasteiger partial charge in [0.1, 0.15) is 11.4 Å². The zero-order valence-electron chi connectivity index (χ0n) is 13.7. The normalized spacial score (nSPS) is 22.3. The molecule has 22 heavy (non-hydrogen) atoms. The molecule has 5 nitrogen and oxygen atoms in total. The number of likely N-dealkylation sites (tertiary alicyclic amines) is 1. The highest BCUT2D eigenvalue weighted by molar-refractivity contribution is 5.69. The summed E-state index contributed by atoms with van der Waals surface area (Å²) in [4.78, 5) is 14.1. The highest BCUT2D eigenvalue weighted by Crippen LogP contribution is 2.33. The van der Waals surface area contributed by atoms with E-state index >= 15 is 0 Å². The Labute approximate surface area is 131 Å². The lowest BCUT2D eigenvalue weighted by Crippen LogP contribution is -2.47. The summed E-state index contributed by atoms with van der Waals surface area (Å²) >= 11 is 0. The summed E-state index contributed by atoms with van der Waals surface area (Å²) in [6.45, 7) is 6.11. The molecule has 122 valence electrons. The lowest BCUT2D eigenvalue weighted by Gasteiger charge is -2.39. The van der Waals surface area contributed by atoms with Gasteiger partial charge in [0.25, 0.3) is 0 Å². The number of rotatable bonds is 2. The smallest absolute Gasteiger partial charge is 0.410 e. The van der Waals surface area contributed by atoms with Crippen molar-refractivity contribution in [2.45, 2.75) is 51.4 Å². The third kappa shape index (κ3) is 3.91. The first kappa shape index (κ1) is 16.6. The van der Waals surface area contributed by atoms with Gasteiger partial charge in [0.15, 0.2) is 0 Å². The number of benzene rings is 1. The number of amides is 1. The molecule has 1 fully saturated rings. The molecule has 0 spiro atoms. The zero-order valence-corrected chi connectivity index (χ0v) is 13.7. The van der Waals surface area contributed by atoms with Gasteiger partial charge in [-0.2, -0.15) is 0 Å². The fraction of sp³-hybridized carbons (Fsp3) is 0.588. The number of piperidine rings is 1. The highest BCUT2D eigenvalue weighted by atomic mass is 16.6. The predicted octanol–water partition coefficient (Wildman–Crippen LogP) is 3.13. The summed E-state index contributed by atoms with van der Waals surface area (Å²) in [5.74, 6) is 0.748. The Kier molecular flexibility index (Phi) is 4.96. The molecule has 2 atom stereocenters. The third-order valence-electron chi connectivity index (χ3n) is 3.68. The number of ether oxygens (including phenoxy) is 2. The lowest BCUT2D eigenvalue weighted by molar-refractivity contribution is -0.0239. The molecule has 1 aromatic rings. The number of carbonyl (C=O) groups excluding carboxylic acids is 1. The first-order valence-corrected chi connectivity index (χ1v) is 7.63. The molecule has 1 saturated heterocycles. The van der Waals surface area contributed by atoms with E-state index in [9.17, 15) is 9.90 Å². The number of aliphatic hydroxyl groups excluding tert-OH is 1. The highest BCUT2D eigenvalue weighted by Gasteiger charge is 2.36. The molecule has 0 bridgehead atoms. The van der Waals surface area contributed by atoms with Gasteiger partial charge in [-0.25, -0.2) is 4.79 Å². The average molecular weight is 307 g/mol. The van der Waals surface area contributed by atoms with Crippen molar-refractivity contribution in [3.05, 3.63) is 29.8 Å². The van der Waals surface area contributed by atoms with E-state index in [1.54, 1.807) is 12.0 Å². The quantitative estimate of drug-likeness (QED) is 0.912. The summed E-state index contributed by atoms with van der Waals surface area (Å²) in [7, 11) is 1.61. The molecular formula is C17H25NO4. The van der Waals surface area contributed by atoms with Crippen molar-refractivity contribution in [1.82, 2.24) is 4.90 Å². The van der Waals surface area contributed by atoms with Gasteiger partial charge in [0.05, 0.1) is 19.3 Å². The Balaban J connectivity index is 2.24. The van der Waals surface area contributed by atoms with E-state index < -0.39 is 11.7 Å². The molecule has 0 saturated carbocycles. The van der Waals surface area contributed by atoms with E-state index in [1.807, 2.05) is 45.0 Å². The first-order chi connectivity index (χ1) is 10.3. The Hall–Kier alpha value is -1.75. The van der Waals surface area contributed by atoms with Gasteiger partial charge >= 0.3 is 6.09 Å². The van der Waals surface area contributed by atoms with E-state index in [1.165, 1.54) is 0 Å². The molecule has 5 heteroatoms. The third-order valence-corrected chi connectivity index (χ3v) is 3.68. The van der Waals surface area contributed by atoms with Crippen LogP contribution in [0.2, 0.25) is 0 Å². The first-order valence-electron chi connectivity index (χ1n) is 7.63. The Morgan fingerprint density at radius 1 is 1.27 bits per heavy atom. The molecule has 1 amide bonds. The van der Waals surface area contributed by atoms with Gasteiger partial charge < -0.3 is 14.6 Å². The largest absolute Gasteiger partial charge is 0.497 e. The van der Waals surface area contributed by atoms with Crippen LogP contribution in [0, 0.1) is 0 Å². The number of hydrogen-bond acceptors (Lipinski definition) is 4. The number of hydrogen-bond donors (Lipinski definition) is 1. The fourth-order valence-corrected chi connectivity index (χ4v) is 2.70. The van der Waals surface area contributed by atoms with Crippen LogP contribution in [0.3, 0.4) is 0 Å². The standard InChI is InChI=1S/C17H25NO4/c1-17(2,3)22-16(20)18-11-5-6-14(19)15(18)12-7-9-13(21-4)10-8-12/h7-10,14-15,19H,5-6,11H2,1-4H3/t14-,15-/m0/s1. The van der Waals surface area contributed by atoms with Crippen molar-refractivity contribution >= 4 is 6.09 Å². The second-order valence-corrected chi connectivity index (χ2v) is 6.60. The Morgan fingerprint density at radius 3 is 2.45 bits per heavy atom. The number of methoxy groups -OCH3 is 1. The molecule has 1 aromatic carbocycles. The molecule has 0 aliphatic carbocycles. The van der Waals surface area contributed by atoms with Crippen LogP contribution >= 0.6 is 0 Å². The molecular weight excluding hydrogens is 282 g/mol. The van der Waals surface area contributed by atoms with Crippen molar-refractivity contribution in [3.8, 4) is 5.75 Å². The van der Waals surface area contributed by atoms with E-state index in [0.29, 0.717) is 13.0 Å². The van der Waals surface area contributed by atoms with Gasteiger partial charge in [-0.1, -0.05) is 12.1 Å². The summed E-state index contributed by atoms with van der Waals surface area (Å²) in [5.41, 5.74) is 0.336. The fourth-order valence-electron chi connectivity index (χ4n) is 2.70. The average Bonchev–Trinajstić information content (AvgIpc) is 2.45. The molecule has 1 heterocycles. The maximum absolute atomic E-state index is 12.4. The monoisotopic (exact) mass is 307 g/mol. The van der Waals surface area contributed by atoms with Gasteiger partial charge in [-0.15, -0.1) is 0 Å². The topological polar surface area (TPSA) is 59.0 Å². The molecule has 0 radical (unpaired) electrons. The second-order valence-electron chi connectivity index (χ2n) is 6.60. The summed E-state index contributed by atoms with van der Waals surface area (Å²) in [5, 5.41) is 10.4. The predicted molar refractivity (Wildman–Crippen MR) is 83.9 cm³/mol. The molecule has 2 rings (SSSR count). The van der Waals surface area contributed by atoms with Crippen molar-refractivity contribution < 1.29 is 19.4 Å². The van der Waals surface area contributed by atoms with Crippen molar-refractivity contribution in [2.75, 3.05) is 13.7 Å². The van der Waals surface area contributed by atoms with Gasteiger partial charge in [-0.05, 0) is 51.3 Å². The van der Waals surface area contributed by atoms with Gasteiger partial charge in [0, 0.05) is 6.54 Å².